The predicted molar refractivity (Wildman–Crippen MR) is 75.0 cm³/mol. The normalized spacial score (nSPS) is 11.1. The SMILES string of the molecule is CC(C)(C)CC(=O)Nc1ccc(F)cc1C(N)=S. The molecule has 98 valence electrons. The highest BCUT2D eigenvalue weighted by molar-refractivity contribution is 7.80. The molecular formula is C13H17FN2OS. The van der Waals surface area contributed by atoms with Crippen molar-refractivity contribution in [3.63, 3.8) is 0 Å². The van der Waals surface area contributed by atoms with Crippen molar-refractivity contribution in [3.05, 3.63) is 29.6 Å². The number of carbonyl (C=O) groups is 1. The molecule has 1 rings (SSSR count). The summed E-state index contributed by atoms with van der Waals surface area (Å²) in [5.41, 5.74) is 6.17. The molecule has 0 saturated heterocycles. The first kappa shape index (κ1) is 14.6. The number of halogens is 1. The number of hydrogen-bond acceptors (Lipinski definition) is 2. The van der Waals surface area contributed by atoms with Gasteiger partial charge in [-0.25, -0.2) is 4.39 Å². The van der Waals surface area contributed by atoms with Gasteiger partial charge in [-0.3, -0.25) is 4.79 Å². The van der Waals surface area contributed by atoms with E-state index in [1.165, 1.54) is 18.2 Å². The lowest BCUT2D eigenvalue weighted by Crippen LogP contribution is -2.22. The van der Waals surface area contributed by atoms with Crippen molar-refractivity contribution >= 4 is 28.8 Å². The smallest absolute Gasteiger partial charge is 0.224 e. The van der Waals surface area contributed by atoms with Gasteiger partial charge in [0.25, 0.3) is 0 Å². The summed E-state index contributed by atoms with van der Waals surface area (Å²) in [6, 6.07) is 3.94. The van der Waals surface area contributed by atoms with Gasteiger partial charge in [-0.1, -0.05) is 33.0 Å². The summed E-state index contributed by atoms with van der Waals surface area (Å²) >= 11 is 4.83. The molecule has 0 spiro atoms. The van der Waals surface area contributed by atoms with Gasteiger partial charge >= 0.3 is 0 Å². The van der Waals surface area contributed by atoms with Crippen LogP contribution in [0.3, 0.4) is 0 Å². The van der Waals surface area contributed by atoms with E-state index in [0.29, 0.717) is 17.7 Å². The Kier molecular flexibility index (Phi) is 4.40. The van der Waals surface area contributed by atoms with Crippen molar-refractivity contribution in [3.8, 4) is 0 Å². The zero-order valence-electron chi connectivity index (χ0n) is 10.7. The highest BCUT2D eigenvalue weighted by Gasteiger charge is 2.17. The lowest BCUT2D eigenvalue weighted by molar-refractivity contribution is -0.117. The first-order valence-electron chi connectivity index (χ1n) is 5.58. The molecule has 1 amide bonds. The van der Waals surface area contributed by atoms with Gasteiger partial charge in [0.15, 0.2) is 0 Å². The van der Waals surface area contributed by atoms with Gasteiger partial charge in [0.05, 0.1) is 5.69 Å². The zero-order valence-corrected chi connectivity index (χ0v) is 11.5. The molecule has 0 aliphatic rings. The van der Waals surface area contributed by atoms with Crippen LogP contribution in [0, 0.1) is 11.2 Å². The maximum absolute atomic E-state index is 13.1. The van der Waals surface area contributed by atoms with E-state index in [-0.39, 0.29) is 16.3 Å². The molecule has 0 aliphatic heterocycles. The minimum Gasteiger partial charge on any atom is -0.389 e. The largest absolute Gasteiger partial charge is 0.389 e. The molecule has 0 radical (unpaired) electrons. The Bertz CT molecular complexity index is 480. The number of rotatable bonds is 3. The average molecular weight is 268 g/mol. The molecule has 18 heavy (non-hydrogen) atoms. The number of amides is 1. The van der Waals surface area contributed by atoms with Gasteiger partial charge in [0.1, 0.15) is 10.8 Å². The van der Waals surface area contributed by atoms with Crippen LogP contribution >= 0.6 is 12.2 Å². The molecule has 3 N–H and O–H groups in total. The van der Waals surface area contributed by atoms with E-state index in [4.69, 9.17) is 18.0 Å². The Labute approximate surface area is 112 Å². The maximum atomic E-state index is 13.1. The Hall–Kier alpha value is -1.49. The summed E-state index contributed by atoms with van der Waals surface area (Å²) in [6.45, 7) is 5.89. The molecule has 0 aliphatic carbocycles. The van der Waals surface area contributed by atoms with E-state index in [1.54, 1.807) is 0 Å². The van der Waals surface area contributed by atoms with Crippen molar-refractivity contribution in [1.82, 2.24) is 0 Å². The molecule has 0 unspecified atom stereocenters. The number of benzene rings is 1. The number of thiocarbonyl (C=S) groups is 1. The second-order valence-electron chi connectivity index (χ2n) is 5.34. The lowest BCUT2D eigenvalue weighted by Gasteiger charge is -2.18. The Morgan fingerprint density at radius 2 is 2.06 bits per heavy atom. The number of hydrogen-bond donors (Lipinski definition) is 2. The van der Waals surface area contributed by atoms with E-state index in [2.05, 4.69) is 5.32 Å². The number of anilines is 1. The third kappa shape index (κ3) is 4.41. The van der Waals surface area contributed by atoms with Gasteiger partial charge in [-0.2, -0.15) is 0 Å². The van der Waals surface area contributed by atoms with Crippen LogP contribution in [0.25, 0.3) is 0 Å². The molecule has 3 nitrogen and oxygen atoms in total. The van der Waals surface area contributed by atoms with E-state index in [9.17, 15) is 9.18 Å². The molecule has 1 aromatic carbocycles. The molecule has 5 heteroatoms. The van der Waals surface area contributed by atoms with Crippen molar-refractivity contribution in [2.45, 2.75) is 27.2 Å². The first-order chi connectivity index (χ1) is 8.19. The van der Waals surface area contributed by atoms with Crippen LogP contribution in [-0.2, 0) is 4.79 Å². The monoisotopic (exact) mass is 268 g/mol. The first-order valence-corrected chi connectivity index (χ1v) is 5.99. The zero-order chi connectivity index (χ0) is 13.9. The minimum atomic E-state index is -0.438. The molecule has 0 atom stereocenters. The van der Waals surface area contributed by atoms with E-state index in [0.717, 1.165) is 0 Å². The molecule has 0 heterocycles. The number of nitrogens with two attached hydrogens (primary N) is 1. The lowest BCUT2D eigenvalue weighted by atomic mass is 9.92. The van der Waals surface area contributed by atoms with E-state index >= 15 is 0 Å². The number of nitrogens with one attached hydrogen (secondary N) is 1. The highest BCUT2D eigenvalue weighted by Crippen LogP contribution is 2.21. The van der Waals surface area contributed by atoms with Crippen LogP contribution in [0.15, 0.2) is 18.2 Å². The third-order valence-electron chi connectivity index (χ3n) is 2.21. The quantitative estimate of drug-likeness (QED) is 0.829. The van der Waals surface area contributed by atoms with E-state index < -0.39 is 5.82 Å². The van der Waals surface area contributed by atoms with Crippen LogP contribution in [0.4, 0.5) is 10.1 Å². The second kappa shape index (κ2) is 5.44. The molecule has 1 aromatic rings. The highest BCUT2D eigenvalue weighted by atomic mass is 32.1. The Balaban J connectivity index is 2.91. The summed E-state index contributed by atoms with van der Waals surface area (Å²) in [4.78, 5) is 11.9. The summed E-state index contributed by atoms with van der Waals surface area (Å²) in [6.07, 6.45) is 0.362. The van der Waals surface area contributed by atoms with Crippen molar-refractivity contribution in [2.24, 2.45) is 11.1 Å². The van der Waals surface area contributed by atoms with Gasteiger partial charge in [0.2, 0.25) is 5.91 Å². The Morgan fingerprint density at radius 1 is 1.44 bits per heavy atom. The van der Waals surface area contributed by atoms with Gasteiger partial charge in [-0.15, -0.1) is 0 Å². The summed E-state index contributed by atoms with van der Waals surface area (Å²) in [5, 5.41) is 2.70. The average Bonchev–Trinajstić information content (AvgIpc) is 2.17. The molecule has 0 bridgehead atoms. The molecular weight excluding hydrogens is 251 g/mol. The molecule has 0 saturated carbocycles. The summed E-state index contributed by atoms with van der Waals surface area (Å²) < 4.78 is 13.1. The van der Waals surface area contributed by atoms with Gasteiger partial charge in [-0.05, 0) is 23.6 Å². The topological polar surface area (TPSA) is 55.1 Å². The van der Waals surface area contributed by atoms with Crippen molar-refractivity contribution < 1.29 is 9.18 Å². The van der Waals surface area contributed by atoms with Crippen molar-refractivity contribution in [2.75, 3.05) is 5.32 Å². The minimum absolute atomic E-state index is 0.0561. The van der Waals surface area contributed by atoms with Crippen LogP contribution in [-0.4, -0.2) is 10.9 Å². The Morgan fingerprint density at radius 3 is 2.56 bits per heavy atom. The molecule has 0 fully saturated rings. The predicted octanol–water partition coefficient (Wildman–Crippen LogP) is 2.83. The van der Waals surface area contributed by atoms with Crippen LogP contribution in [0.5, 0.6) is 0 Å². The number of carbonyl (C=O) groups excluding carboxylic acids is 1. The summed E-state index contributed by atoms with van der Waals surface area (Å²) in [7, 11) is 0. The fraction of sp³-hybridized carbons (Fsp3) is 0.385. The standard InChI is InChI=1S/C13H17FN2OS/c1-13(2,3)7-11(17)16-10-5-4-8(14)6-9(10)12(15)18/h4-6H,7H2,1-3H3,(H2,15,18)(H,16,17). The molecule has 0 aromatic heterocycles. The third-order valence-corrected chi connectivity index (χ3v) is 2.43. The van der Waals surface area contributed by atoms with Crippen LogP contribution in [0.1, 0.15) is 32.8 Å². The van der Waals surface area contributed by atoms with Crippen molar-refractivity contribution in [1.29, 1.82) is 0 Å². The second-order valence-corrected chi connectivity index (χ2v) is 5.78. The van der Waals surface area contributed by atoms with Gasteiger partial charge in [0, 0.05) is 12.0 Å². The van der Waals surface area contributed by atoms with Gasteiger partial charge < -0.3 is 11.1 Å². The maximum Gasteiger partial charge on any atom is 0.224 e. The van der Waals surface area contributed by atoms with Crippen LogP contribution < -0.4 is 11.1 Å². The van der Waals surface area contributed by atoms with E-state index in [1.807, 2.05) is 20.8 Å². The fourth-order valence-electron chi connectivity index (χ4n) is 1.51. The summed E-state index contributed by atoms with van der Waals surface area (Å²) in [5.74, 6) is -0.585. The van der Waals surface area contributed by atoms with Crippen LogP contribution in [0.2, 0.25) is 0 Å². The fourth-order valence-corrected chi connectivity index (χ4v) is 1.67.